The predicted octanol–water partition coefficient (Wildman–Crippen LogP) is -0.217. The van der Waals surface area contributed by atoms with E-state index in [1.54, 1.807) is 0 Å². The lowest BCUT2D eigenvalue weighted by molar-refractivity contribution is 0.614. The molecule has 0 fully saturated rings. The van der Waals surface area contributed by atoms with Crippen molar-refractivity contribution in [1.82, 2.24) is 0 Å². The van der Waals surface area contributed by atoms with Gasteiger partial charge in [-0.3, -0.25) is 0 Å². The second-order valence-electron chi connectivity index (χ2n) is 0.733. The van der Waals surface area contributed by atoms with Crippen molar-refractivity contribution in [3.8, 4) is 11.7 Å². The maximum absolute atomic E-state index is 9.65. The summed E-state index contributed by atoms with van der Waals surface area (Å²) >= 11 is 0. The highest BCUT2D eigenvalue weighted by Gasteiger charge is 1.97. The first-order chi connectivity index (χ1) is 2.56. The Labute approximate surface area is 37.1 Å². The number of terminal acetylenes is 1. The van der Waals surface area contributed by atoms with Gasteiger partial charge in [0.15, 0.2) is 6.26 Å². The van der Waals surface area contributed by atoms with Crippen LogP contribution in [-0.2, 0) is 9.84 Å². The zero-order valence-electron chi connectivity index (χ0n) is 3.01. The maximum atomic E-state index is 9.65. The van der Waals surface area contributed by atoms with Gasteiger partial charge in [0.2, 0.25) is 0 Å². The van der Waals surface area contributed by atoms with E-state index < -0.39 is 9.84 Å². The molecule has 0 bridgehead atoms. The van der Waals surface area contributed by atoms with Crippen molar-refractivity contribution in [2.75, 3.05) is 0 Å². The summed E-state index contributed by atoms with van der Waals surface area (Å²) in [6, 6.07) is 0. The van der Waals surface area contributed by atoms with Crippen LogP contribution in [0.25, 0.3) is 0 Å². The smallest absolute Gasteiger partial charge is 0.170 e. The standard InChI is InChI=1S/C3H3O2S/c1-3-6(2,4)5/h1H,2H2/q+1. The van der Waals surface area contributed by atoms with Gasteiger partial charge in [0, 0.05) is 0 Å². The molecular formula is C3H3O2S+. The molecule has 0 spiro atoms. The van der Waals surface area contributed by atoms with Crippen molar-refractivity contribution in [3.63, 3.8) is 0 Å². The van der Waals surface area contributed by atoms with Gasteiger partial charge >= 0.3 is 9.84 Å². The summed E-state index contributed by atoms with van der Waals surface area (Å²) in [5, 5.41) is 1.47. The van der Waals surface area contributed by atoms with Crippen molar-refractivity contribution in [3.05, 3.63) is 6.26 Å². The van der Waals surface area contributed by atoms with Gasteiger partial charge in [0.25, 0.3) is 0 Å². The Balaban J connectivity index is 4.41. The van der Waals surface area contributed by atoms with Gasteiger partial charge in [-0.1, -0.05) is 6.42 Å². The zero-order valence-corrected chi connectivity index (χ0v) is 3.83. The molecule has 0 saturated heterocycles. The predicted molar refractivity (Wildman–Crippen MR) is 23.1 cm³/mol. The maximum Gasteiger partial charge on any atom is 0.359 e. The summed E-state index contributed by atoms with van der Waals surface area (Å²) in [4.78, 5) is 0. The van der Waals surface area contributed by atoms with Crippen molar-refractivity contribution >= 4 is 9.84 Å². The molecule has 6 heavy (non-hydrogen) atoms. The van der Waals surface area contributed by atoms with Crippen molar-refractivity contribution < 1.29 is 8.42 Å². The highest BCUT2D eigenvalue weighted by molar-refractivity contribution is 7.97. The van der Waals surface area contributed by atoms with Crippen molar-refractivity contribution in [2.45, 2.75) is 0 Å². The molecule has 2 nitrogen and oxygen atoms in total. The minimum absolute atomic E-state index is 1.47. The molecule has 3 heteroatoms. The number of sulfone groups is 1. The van der Waals surface area contributed by atoms with Crippen LogP contribution in [0.2, 0.25) is 0 Å². The van der Waals surface area contributed by atoms with E-state index in [0.717, 1.165) is 0 Å². The lowest BCUT2D eigenvalue weighted by Gasteiger charge is -1.59. The highest BCUT2D eigenvalue weighted by atomic mass is 32.2. The molecule has 0 aromatic rings. The Bertz CT molecular complexity index is 158. The van der Waals surface area contributed by atoms with E-state index in [4.69, 9.17) is 0 Å². The molecule has 0 aromatic carbocycles. The molecule has 0 atom stereocenters. The monoisotopic (exact) mass is 103 g/mol. The van der Waals surface area contributed by atoms with E-state index in [1.165, 1.54) is 5.25 Å². The van der Waals surface area contributed by atoms with E-state index in [1.807, 2.05) is 0 Å². The molecule has 0 unspecified atom stereocenters. The van der Waals surface area contributed by atoms with E-state index in [-0.39, 0.29) is 0 Å². The van der Waals surface area contributed by atoms with Crippen LogP contribution < -0.4 is 0 Å². The molecule has 0 aliphatic rings. The summed E-state index contributed by atoms with van der Waals surface area (Å²) < 4.78 is 19.3. The summed E-state index contributed by atoms with van der Waals surface area (Å²) in [7, 11) is -3.38. The second-order valence-corrected chi connectivity index (χ2v) is 2.20. The summed E-state index contributed by atoms with van der Waals surface area (Å²) in [6.45, 7) is 0. The minimum Gasteiger partial charge on any atom is -0.170 e. The molecule has 0 N–H and O–H groups in total. The van der Waals surface area contributed by atoms with Gasteiger partial charge in [-0.25, -0.2) is 0 Å². The molecule has 0 amide bonds. The molecule has 0 aliphatic heterocycles. The first-order valence-corrected chi connectivity index (χ1v) is 2.77. The molecule has 32 valence electrons. The Morgan fingerprint density at radius 2 is 1.83 bits per heavy atom. The first kappa shape index (κ1) is 5.38. The van der Waals surface area contributed by atoms with Gasteiger partial charge in [-0.15, -0.1) is 0 Å². The van der Waals surface area contributed by atoms with E-state index >= 15 is 0 Å². The average molecular weight is 103 g/mol. The number of rotatable bonds is 0. The fraction of sp³-hybridized carbons (Fsp3) is 0. The Hall–Kier alpha value is -0.620. The van der Waals surface area contributed by atoms with E-state index in [2.05, 4.69) is 12.7 Å². The largest absolute Gasteiger partial charge is 0.359 e. The van der Waals surface area contributed by atoms with Crippen LogP contribution in [0.15, 0.2) is 0 Å². The number of hydrogen-bond acceptors (Lipinski definition) is 2. The van der Waals surface area contributed by atoms with Crippen LogP contribution in [0, 0.1) is 17.9 Å². The van der Waals surface area contributed by atoms with Crippen molar-refractivity contribution in [2.24, 2.45) is 0 Å². The van der Waals surface area contributed by atoms with Gasteiger partial charge in [0.1, 0.15) is 0 Å². The number of hydrogen-bond donors (Lipinski definition) is 0. The SMILES string of the molecule is C#CS([CH2+])(=O)=O. The third kappa shape index (κ3) is 3.38. The normalized spacial score (nSPS) is 9.83. The third-order valence-corrected chi connectivity index (χ3v) is 0.539. The van der Waals surface area contributed by atoms with Crippen LogP contribution in [0.3, 0.4) is 0 Å². The average Bonchev–Trinajstić information content (AvgIpc) is 1.35. The van der Waals surface area contributed by atoms with Crippen LogP contribution in [0.4, 0.5) is 0 Å². The molecule has 0 heterocycles. The summed E-state index contributed by atoms with van der Waals surface area (Å²) in [6.07, 6.45) is 7.03. The van der Waals surface area contributed by atoms with Crippen LogP contribution >= 0.6 is 0 Å². The van der Waals surface area contributed by atoms with E-state index in [0.29, 0.717) is 0 Å². The molecule has 0 saturated carbocycles. The first-order valence-electron chi connectivity index (χ1n) is 1.11. The fourth-order valence-electron chi connectivity index (χ4n) is 0. The lowest BCUT2D eigenvalue weighted by Crippen LogP contribution is -1.81. The third-order valence-electron chi connectivity index (χ3n) is 0.180. The van der Waals surface area contributed by atoms with Crippen LogP contribution in [-0.4, -0.2) is 8.42 Å². The highest BCUT2D eigenvalue weighted by Crippen LogP contribution is 1.74. The Kier molecular flexibility index (Phi) is 1.10. The summed E-state index contributed by atoms with van der Waals surface area (Å²) in [5.74, 6) is 0. The van der Waals surface area contributed by atoms with Crippen LogP contribution in [0.1, 0.15) is 0 Å². The topological polar surface area (TPSA) is 34.1 Å². The van der Waals surface area contributed by atoms with Crippen molar-refractivity contribution in [1.29, 1.82) is 0 Å². The lowest BCUT2D eigenvalue weighted by atomic mass is 11.4. The zero-order chi connectivity index (χ0) is 5.21. The summed E-state index contributed by atoms with van der Waals surface area (Å²) in [5.41, 5.74) is 0. The molecule has 0 aliphatic carbocycles. The molecular weight excluding hydrogens is 100 g/mol. The Morgan fingerprint density at radius 1 is 1.67 bits per heavy atom. The van der Waals surface area contributed by atoms with Gasteiger partial charge in [-0.05, 0) is 0 Å². The van der Waals surface area contributed by atoms with Crippen LogP contribution in [0.5, 0.6) is 0 Å². The van der Waals surface area contributed by atoms with Gasteiger partial charge in [0.05, 0.1) is 5.25 Å². The quantitative estimate of drug-likeness (QED) is 0.241. The van der Waals surface area contributed by atoms with Gasteiger partial charge < -0.3 is 0 Å². The van der Waals surface area contributed by atoms with E-state index in [9.17, 15) is 8.42 Å². The minimum atomic E-state index is -3.38. The fourth-order valence-corrected chi connectivity index (χ4v) is 0. The molecule has 0 radical (unpaired) electrons. The second kappa shape index (κ2) is 1.23. The molecule has 0 rings (SSSR count). The van der Waals surface area contributed by atoms with Gasteiger partial charge in [-0.2, -0.15) is 8.42 Å². The Morgan fingerprint density at radius 3 is 1.83 bits per heavy atom. The molecule has 0 aromatic heterocycles.